The van der Waals surface area contributed by atoms with Crippen molar-refractivity contribution in [1.29, 1.82) is 0 Å². The van der Waals surface area contributed by atoms with Crippen molar-refractivity contribution in [3.05, 3.63) is 10.6 Å². The predicted molar refractivity (Wildman–Crippen MR) is 70.6 cm³/mol. The Balaban J connectivity index is 2.66. The van der Waals surface area contributed by atoms with E-state index in [4.69, 9.17) is 5.11 Å². The minimum absolute atomic E-state index is 0.00454. The average molecular weight is 275 g/mol. The van der Waals surface area contributed by atoms with Gasteiger partial charge in [-0.25, -0.2) is 0 Å². The molecule has 0 fully saturated rings. The van der Waals surface area contributed by atoms with E-state index >= 15 is 0 Å². The maximum atomic E-state index is 12.0. The van der Waals surface area contributed by atoms with Crippen LogP contribution in [0.1, 0.15) is 29.2 Å². The van der Waals surface area contributed by atoms with Crippen molar-refractivity contribution in [3.63, 3.8) is 0 Å². The summed E-state index contributed by atoms with van der Waals surface area (Å²) >= 11 is 2.64. The molecule has 0 radical (unpaired) electrons. The highest BCUT2D eigenvalue weighted by Crippen LogP contribution is 2.14. The van der Waals surface area contributed by atoms with Crippen LogP contribution in [0.4, 0.5) is 0 Å². The van der Waals surface area contributed by atoms with E-state index in [1.165, 1.54) is 11.8 Å². The molecule has 0 saturated heterocycles. The number of nitrogens with zero attached hydrogens (tertiary/aromatic N) is 2. The molecule has 0 aliphatic carbocycles. The van der Waals surface area contributed by atoms with Gasteiger partial charge in [0.05, 0.1) is 12.3 Å². The van der Waals surface area contributed by atoms with Crippen LogP contribution in [-0.4, -0.2) is 44.8 Å². The van der Waals surface area contributed by atoms with E-state index in [2.05, 4.69) is 14.9 Å². The lowest BCUT2D eigenvalue weighted by molar-refractivity contribution is 0.0939. The van der Waals surface area contributed by atoms with Gasteiger partial charge in [0.1, 0.15) is 4.88 Å². The van der Waals surface area contributed by atoms with E-state index in [1.54, 1.807) is 0 Å². The number of aliphatic hydroxyl groups excluding tert-OH is 1. The molecule has 5 nitrogen and oxygen atoms in total. The first kappa shape index (κ1) is 14.4. The molecule has 96 valence electrons. The number of hydrogen-bond donors (Lipinski definition) is 2. The van der Waals surface area contributed by atoms with Crippen molar-refractivity contribution >= 4 is 29.2 Å². The number of amides is 1. The van der Waals surface area contributed by atoms with Gasteiger partial charge in [-0.2, -0.15) is 11.8 Å². The molecule has 1 rings (SSSR count). The lowest BCUT2D eigenvalue weighted by Gasteiger charge is -2.20. The molecule has 2 unspecified atom stereocenters. The van der Waals surface area contributed by atoms with Gasteiger partial charge in [-0.05, 0) is 31.1 Å². The highest BCUT2D eigenvalue weighted by Gasteiger charge is 2.21. The summed E-state index contributed by atoms with van der Waals surface area (Å²) in [6.45, 7) is 3.87. The molecular weight excluding hydrogens is 258 g/mol. The highest BCUT2D eigenvalue weighted by atomic mass is 32.2. The number of nitrogens with one attached hydrogen (secondary N) is 1. The fraction of sp³-hybridized carbons (Fsp3) is 0.700. The molecule has 0 aromatic carbocycles. The lowest BCUT2D eigenvalue weighted by atomic mass is 10.2. The SMILES string of the molecule is CCc1nnsc1C(=O)NC(C)C(CO)SC. The monoisotopic (exact) mass is 275 g/mol. The van der Waals surface area contributed by atoms with Gasteiger partial charge in [0.2, 0.25) is 0 Å². The van der Waals surface area contributed by atoms with Crippen molar-refractivity contribution in [2.45, 2.75) is 31.6 Å². The first-order valence-corrected chi connectivity index (χ1v) is 7.45. The highest BCUT2D eigenvalue weighted by molar-refractivity contribution is 7.99. The molecule has 2 N–H and O–H groups in total. The number of rotatable bonds is 6. The van der Waals surface area contributed by atoms with E-state index in [9.17, 15) is 4.79 Å². The Kier molecular flexibility index (Phi) is 5.87. The van der Waals surface area contributed by atoms with Gasteiger partial charge >= 0.3 is 0 Å². The third kappa shape index (κ3) is 3.65. The molecule has 1 amide bonds. The van der Waals surface area contributed by atoms with Crippen LogP contribution in [0, 0.1) is 0 Å². The molecule has 2 atom stereocenters. The molecule has 0 aliphatic heterocycles. The van der Waals surface area contributed by atoms with Crippen LogP contribution in [0.15, 0.2) is 0 Å². The fourth-order valence-electron chi connectivity index (χ4n) is 1.41. The number of aryl methyl sites for hydroxylation is 1. The van der Waals surface area contributed by atoms with Crippen LogP contribution in [0.2, 0.25) is 0 Å². The molecule has 7 heteroatoms. The van der Waals surface area contributed by atoms with Gasteiger partial charge in [0.25, 0.3) is 5.91 Å². The van der Waals surface area contributed by atoms with Crippen LogP contribution >= 0.6 is 23.3 Å². The van der Waals surface area contributed by atoms with Gasteiger partial charge in [-0.1, -0.05) is 11.4 Å². The largest absolute Gasteiger partial charge is 0.395 e. The number of thioether (sulfide) groups is 1. The summed E-state index contributed by atoms with van der Waals surface area (Å²) in [5, 5.41) is 15.9. The summed E-state index contributed by atoms with van der Waals surface area (Å²) in [4.78, 5) is 12.5. The number of hydrogen-bond acceptors (Lipinski definition) is 6. The Morgan fingerprint density at radius 1 is 1.65 bits per heavy atom. The Morgan fingerprint density at radius 2 is 2.35 bits per heavy atom. The van der Waals surface area contributed by atoms with Crippen LogP contribution in [0.25, 0.3) is 0 Å². The average Bonchev–Trinajstić information content (AvgIpc) is 2.78. The summed E-state index contributed by atoms with van der Waals surface area (Å²) in [7, 11) is 0. The Hall–Kier alpha value is -0.660. The van der Waals surface area contributed by atoms with Gasteiger partial charge in [0.15, 0.2) is 0 Å². The third-order valence-corrected chi connectivity index (χ3v) is 4.43. The summed E-state index contributed by atoms with van der Waals surface area (Å²) in [6.07, 6.45) is 2.61. The minimum atomic E-state index is -0.156. The maximum Gasteiger partial charge on any atom is 0.265 e. The van der Waals surface area contributed by atoms with Crippen molar-refractivity contribution < 1.29 is 9.90 Å². The number of aliphatic hydroxyl groups is 1. The number of aromatic nitrogens is 2. The summed E-state index contributed by atoms with van der Waals surface area (Å²) in [5.41, 5.74) is 0.726. The lowest BCUT2D eigenvalue weighted by Crippen LogP contribution is -2.41. The second kappa shape index (κ2) is 6.93. The van der Waals surface area contributed by atoms with E-state index in [0.717, 1.165) is 17.2 Å². The van der Waals surface area contributed by atoms with Crippen LogP contribution in [0.5, 0.6) is 0 Å². The third-order valence-electron chi connectivity index (χ3n) is 2.50. The molecule has 1 aromatic heterocycles. The fourth-order valence-corrected chi connectivity index (χ4v) is 2.69. The van der Waals surface area contributed by atoms with Crippen LogP contribution in [0.3, 0.4) is 0 Å². The zero-order valence-corrected chi connectivity index (χ0v) is 11.8. The maximum absolute atomic E-state index is 12.0. The Labute approximate surface area is 109 Å². The van der Waals surface area contributed by atoms with Crippen molar-refractivity contribution in [2.75, 3.05) is 12.9 Å². The Bertz CT molecular complexity index is 366. The summed E-state index contributed by atoms with van der Waals surface area (Å²) < 4.78 is 3.78. The first-order valence-electron chi connectivity index (χ1n) is 5.39. The molecule has 0 aliphatic rings. The van der Waals surface area contributed by atoms with E-state index in [0.29, 0.717) is 11.3 Å². The predicted octanol–water partition coefficient (Wildman–Crippen LogP) is 0.943. The zero-order valence-electron chi connectivity index (χ0n) is 10.1. The number of carbonyl (C=O) groups is 1. The molecular formula is C10H17N3O2S2. The molecule has 1 aromatic rings. The first-order chi connectivity index (χ1) is 8.13. The smallest absolute Gasteiger partial charge is 0.265 e. The summed E-state index contributed by atoms with van der Waals surface area (Å²) in [6, 6.07) is -0.0886. The molecule has 0 bridgehead atoms. The molecule has 0 spiro atoms. The second-order valence-electron chi connectivity index (χ2n) is 3.62. The van der Waals surface area contributed by atoms with Gasteiger partial charge in [-0.15, -0.1) is 5.10 Å². The van der Waals surface area contributed by atoms with E-state index in [-0.39, 0.29) is 23.8 Å². The molecule has 0 saturated carbocycles. The van der Waals surface area contributed by atoms with Gasteiger partial charge < -0.3 is 10.4 Å². The topological polar surface area (TPSA) is 75.1 Å². The van der Waals surface area contributed by atoms with Crippen LogP contribution < -0.4 is 5.32 Å². The van der Waals surface area contributed by atoms with Crippen molar-refractivity contribution in [3.8, 4) is 0 Å². The normalized spacial score (nSPS) is 14.4. The van der Waals surface area contributed by atoms with E-state index < -0.39 is 0 Å². The summed E-state index contributed by atoms with van der Waals surface area (Å²) in [5.74, 6) is -0.156. The minimum Gasteiger partial charge on any atom is -0.395 e. The molecule has 17 heavy (non-hydrogen) atoms. The number of carbonyl (C=O) groups excluding carboxylic acids is 1. The van der Waals surface area contributed by atoms with Gasteiger partial charge in [0, 0.05) is 11.3 Å². The van der Waals surface area contributed by atoms with E-state index in [1.807, 2.05) is 20.1 Å². The molecule has 1 heterocycles. The van der Waals surface area contributed by atoms with Crippen molar-refractivity contribution in [2.24, 2.45) is 0 Å². The van der Waals surface area contributed by atoms with Gasteiger partial charge in [-0.3, -0.25) is 4.79 Å². The quantitative estimate of drug-likeness (QED) is 0.808. The second-order valence-corrected chi connectivity index (χ2v) is 5.45. The van der Waals surface area contributed by atoms with Crippen molar-refractivity contribution in [1.82, 2.24) is 14.9 Å². The standard InChI is InChI=1S/C10H17N3O2S2/c1-4-7-9(17-13-12-7)10(15)11-6(2)8(5-14)16-3/h6,8,14H,4-5H2,1-3H3,(H,11,15). The zero-order chi connectivity index (χ0) is 12.8. The van der Waals surface area contributed by atoms with Crippen LogP contribution in [-0.2, 0) is 6.42 Å². The Morgan fingerprint density at radius 3 is 2.88 bits per heavy atom.